The van der Waals surface area contributed by atoms with Gasteiger partial charge >= 0.3 is 6.09 Å². The van der Waals surface area contributed by atoms with E-state index in [0.717, 1.165) is 16.9 Å². The van der Waals surface area contributed by atoms with Crippen LogP contribution < -0.4 is 10.6 Å². The van der Waals surface area contributed by atoms with Crippen LogP contribution in [0.3, 0.4) is 0 Å². The van der Waals surface area contributed by atoms with Gasteiger partial charge in [0.2, 0.25) is 0 Å². The zero-order valence-electron chi connectivity index (χ0n) is 19.0. The van der Waals surface area contributed by atoms with Crippen LogP contribution in [-0.4, -0.2) is 46.5 Å². The monoisotopic (exact) mass is 423 g/mol. The van der Waals surface area contributed by atoms with Crippen LogP contribution in [0.1, 0.15) is 64.2 Å². The molecule has 1 saturated heterocycles. The van der Waals surface area contributed by atoms with E-state index in [1.165, 1.54) is 36.9 Å². The fraction of sp³-hybridized carbons (Fsp3) is 0.583. The minimum Gasteiger partial charge on any atom is -0.444 e. The number of carbonyl (C=O) groups excluding carboxylic acids is 1. The Morgan fingerprint density at radius 1 is 1.16 bits per heavy atom. The number of para-hydroxylation sites is 1. The third-order valence-corrected chi connectivity index (χ3v) is 6.95. The number of amides is 1. The second-order valence-corrected chi connectivity index (χ2v) is 10.3. The number of nitrogen functional groups attached to an aromatic ring is 1. The van der Waals surface area contributed by atoms with Gasteiger partial charge in [0.1, 0.15) is 5.60 Å². The van der Waals surface area contributed by atoms with Crippen LogP contribution in [0, 0.1) is 5.92 Å². The molecule has 1 atom stereocenters. The number of benzene rings is 1. The Morgan fingerprint density at radius 3 is 2.55 bits per heavy atom. The number of fused-ring (bicyclic) bond motifs is 3. The highest BCUT2D eigenvalue weighted by Crippen LogP contribution is 2.52. The van der Waals surface area contributed by atoms with Crippen molar-refractivity contribution < 1.29 is 9.53 Å². The number of carbonyl (C=O) groups is 1. The summed E-state index contributed by atoms with van der Waals surface area (Å²) in [5, 5.41) is 4.84. The van der Waals surface area contributed by atoms with Crippen LogP contribution in [-0.2, 0) is 4.74 Å². The lowest BCUT2D eigenvalue weighted by Crippen LogP contribution is -2.53. The van der Waals surface area contributed by atoms with E-state index in [0.29, 0.717) is 19.0 Å². The van der Waals surface area contributed by atoms with Gasteiger partial charge in [-0.05, 0) is 45.6 Å². The molecule has 0 radical (unpaired) electrons. The molecule has 1 aliphatic carbocycles. The Kier molecular flexibility index (Phi) is 4.68. The number of nitrogens with zero attached hydrogens (tertiary/aromatic N) is 4. The van der Waals surface area contributed by atoms with Crippen molar-refractivity contribution in [3.63, 3.8) is 0 Å². The van der Waals surface area contributed by atoms with Crippen molar-refractivity contribution in [1.82, 2.24) is 14.7 Å². The second kappa shape index (κ2) is 7.18. The van der Waals surface area contributed by atoms with Gasteiger partial charge in [0, 0.05) is 31.3 Å². The van der Waals surface area contributed by atoms with Gasteiger partial charge in [-0.15, -0.1) is 0 Å². The molecule has 2 fully saturated rings. The Hall–Kier alpha value is -2.70. The van der Waals surface area contributed by atoms with Crippen molar-refractivity contribution in [2.24, 2.45) is 5.92 Å². The zero-order chi connectivity index (χ0) is 21.9. The molecule has 1 saturated carbocycles. The van der Waals surface area contributed by atoms with Gasteiger partial charge in [-0.2, -0.15) is 5.10 Å². The summed E-state index contributed by atoms with van der Waals surface area (Å²) in [6.45, 7) is 6.97. The predicted octanol–water partition coefficient (Wildman–Crippen LogP) is 4.61. The van der Waals surface area contributed by atoms with Crippen LogP contribution in [0.4, 0.5) is 16.2 Å². The molecule has 7 heteroatoms. The van der Waals surface area contributed by atoms with Crippen molar-refractivity contribution >= 4 is 17.5 Å². The van der Waals surface area contributed by atoms with E-state index in [2.05, 4.69) is 22.7 Å². The van der Waals surface area contributed by atoms with E-state index in [1.807, 2.05) is 39.1 Å². The Bertz CT molecular complexity index is 996. The summed E-state index contributed by atoms with van der Waals surface area (Å²) >= 11 is 0. The zero-order valence-corrected chi connectivity index (χ0v) is 19.0. The molecular formula is C24H33N5O2. The van der Waals surface area contributed by atoms with Crippen LogP contribution in [0.2, 0.25) is 0 Å². The fourth-order valence-corrected chi connectivity index (χ4v) is 5.56. The van der Waals surface area contributed by atoms with Crippen LogP contribution >= 0.6 is 0 Å². The third-order valence-electron chi connectivity index (χ3n) is 6.95. The highest BCUT2D eigenvalue weighted by atomic mass is 16.6. The molecule has 2 aromatic rings. The highest BCUT2D eigenvalue weighted by Gasteiger charge is 2.43. The van der Waals surface area contributed by atoms with E-state index in [-0.39, 0.29) is 18.2 Å². The molecule has 1 amide bonds. The van der Waals surface area contributed by atoms with Gasteiger partial charge in [0.25, 0.3) is 0 Å². The molecule has 5 rings (SSSR count). The van der Waals surface area contributed by atoms with Gasteiger partial charge < -0.3 is 20.3 Å². The number of hydrogen-bond acceptors (Lipinski definition) is 5. The largest absolute Gasteiger partial charge is 0.444 e. The molecule has 0 bridgehead atoms. The Balaban J connectivity index is 1.48. The number of hydrogen-bond donors (Lipinski definition) is 1. The highest BCUT2D eigenvalue weighted by molar-refractivity contribution is 5.90. The number of rotatable bonds is 2. The van der Waals surface area contributed by atoms with Crippen molar-refractivity contribution in [3.05, 3.63) is 30.1 Å². The van der Waals surface area contributed by atoms with E-state index >= 15 is 0 Å². The molecule has 31 heavy (non-hydrogen) atoms. The van der Waals surface area contributed by atoms with Gasteiger partial charge in [0.05, 0.1) is 35.3 Å². The summed E-state index contributed by atoms with van der Waals surface area (Å²) in [7, 11) is 2.17. The lowest BCUT2D eigenvalue weighted by molar-refractivity contribution is -0.000996. The van der Waals surface area contributed by atoms with E-state index < -0.39 is 5.60 Å². The van der Waals surface area contributed by atoms with Crippen LogP contribution in [0.5, 0.6) is 0 Å². The summed E-state index contributed by atoms with van der Waals surface area (Å²) in [5.74, 6) is 0.592. The molecule has 1 aromatic heterocycles. The maximum atomic E-state index is 12.4. The topological polar surface area (TPSA) is 76.6 Å². The third kappa shape index (κ3) is 3.34. The molecule has 7 nitrogen and oxygen atoms in total. The quantitative estimate of drug-likeness (QED) is 0.714. The normalized spacial score (nSPS) is 21.6. The average Bonchev–Trinajstić information content (AvgIpc) is 3.30. The first kappa shape index (κ1) is 20.2. The van der Waals surface area contributed by atoms with Crippen molar-refractivity contribution in [2.45, 2.75) is 64.1 Å². The summed E-state index contributed by atoms with van der Waals surface area (Å²) in [6.07, 6.45) is 6.79. The lowest BCUT2D eigenvalue weighted by atomic mass is 9.85. The van der Waals surface area contributed by atoms with Gasteiger partial charge in [0.15, 0.2) is 0 Å². The summed E-state index contributed by atoms with van der Waals surface area (Å²) < 4.78 is 7.72. The number of aromatic nitrogens is 2. The molecule has 3 aliphatic rings. The second-order valence-electron chi connectivity index (χ2n) is 10.3. The Labute approximate surface area is 184 Å². The molecule has 166 valence electrons. The van der Waals surface area contributed by atoms with Crippen molar-refractivity contribution in [2.75, 3.05) is 30.8 Å². The minimum absolute atomic E-state index is 0.177. The first-order valence-corrected chi connectivity index (χ1v) is 11.4. The van der Waals surface area contributed by atoms with Gasteiger partial charge in [-0.1, -0.05) is 25.0 Å². The predicted molar refractivity (Wildman–Crippen MR) is 122 cm³/mol. The number of likely N-dealkylation sites (tertiary alicyclic amines) is 1. The maximum Gasteiger partial charge on any atom is 0.410 e. The van der Waals surface area contributed by atoms with E-state index in [4.69, 9.17) is 15.6 Å². The van der Waals surface area contributed by atoms with Crippen LogP contribution in [0.25, 0.3) is 11.1 Å². The summed E-state index contributed by atoms with van der Waals surface area (Å²) in [4.78, 5) is 16.6. The molecule has 1 aromatic carbocycles. The molecule has 2 N–H and O–H groups in total. The molecule has 3 heterocycles. The fourth-order valence-electron chi connectivity index (χ4n) is 5.56. The molecular weight excluding hydrogens is 390 g/mol. The Morgan fingerprint density at radius 2 is 1.87 bits per heavy atom. The van der Waals surface area contributed by atoms with Crippen molar-refractivity contribution in [1.29, 1.82) is 0 Å². The summed E-state index contributed by atoms with van der Waals surface area (Å²) in [5.41, 5.74) is 11.5. The first-order chi connectivity index (χ1) is 14.7. The smallest absolute Gasteiger partial charge is 0.410 e. The minimum atomic E-state index is -0.479. The summed E-state index contributed by atoms with van der Waals surface area (Å²) in [6, 6.07) is 6.59. The molecule has 1 unspecified atom stereocenters. The van der Waals surface area contributed by atoms with E-state index in [9.17, 15) is 4.79 Å². The molecule has 0 spiro atoms. The van der Waals surface area contributed by atoms with Crippen molar-refractivity contribution in [3.8, 4) is 11.1 Å². The maximum absolute atomic E-state index is 12.4. The number of anilines is 2. The first-order valence-electron chi connectivity index (χ1n) is 11.4. The molecule has 2 aliphatic heterocycles. The standard InChI is InChI=1S/C24H33N5O2/c1-24(2,3)31-23(30)28-13-16(14-28)29-22-18(12-26-29)17-10-7-11-19(25)21(17)27(4)20(22)15-8-5-6-9-15/h7,10-12,15-16,20H,5-6,8-9,13-14,25H2,1-4H3. The average molecular weight is 424 g/mol. The number of ether oxygens (including phenoxy) is 1. The SMILES string of the molecule is CN1c2c(N)cccc2-c2cnn(C3CN(C(=O)OC(C)(C)C)C3)c2C1C1CCCC1. The van der Waals surface area contributed by atoms with Gasteiger partial charge in [-0.25, -0.2) is 4.79 Å². The van der Waals surface area contributed by atoms with Gasteiger partial charge in [-0.3, -0.25) is 4.68 Å². The van der Waals surface area contributed by atoms with E-state index in [1.54, 1.807) is 4.90 Å². The van der Waals surface area contributed by atoms with Crippen LogP contribution in [0.15, 0.2) is 24.4 Å². The number of nitrogens with two attached hydrogens (primary N) is 1. The lowest BCUT2D eigenvalue weighted by Gasteiger charge is -2.44.